The maximum atomic E-state index is 11.8. The number of ketones is 1. The van der Waals surface area contributed by atoms with Gasteiger partial charge < -0.3 is 4.74 Å². The molecule has 0 unspecified atom stereocenters. The standard InChI is InChI=1S/C13H21BrN2O2/c1-4-7-18-8-6-10(17)9-12-13(14)11(5-2)15-16(12)3/h4-9H2,1-3H3. The van der Waals surface area contributed by atoms with Crippen molar-refractivity contribution < 1.29 is 9.53 Å². The SMILES string of the molecule is CCCOCCC(=O)Cc1c(Br)c(CC)nn1C. The van der Waals surface area contributed by atoms with Crippen molar-refractivity contribution in [2.45, 2.75) is 39.5 Å². The number of hydrogen-bond donors (Lipinski definition) is 0. The molecule has 5 heteroatoms. The van der Waals surface area contributed by atoms with Crippen LogP contribution in [0.4, 0.5) is 0 Å². The molecule has 1 heterocycles. The van der Waals surface area contributed by atoms with Gasteiger partial charge in [-0.25, -0.2) is 0 Å². The molecule has 0 fully saturated rings. The summed E-state index contributed by atoms with van der Waals surface area (Å²) in [5.74, 6) is 0.192. The van der Waals surface area contributed by atoms with E-state index in [1.807, 2.05) is 7.05 Å². The van der Waals surface area contributed by atoms with Gasteiger partial charge in [-0.2, -0.15) is 5.10 Å². The Morgan fingerprint density at radius 2 is 2.11 bits per heavy atom. The lowest BCUT2D eigenvalue weighted by molar-refractivity contribution is -0.119. The molecule has 0 aliphatic rings. The van der Waals surface area contributed by atoms with Crippen molar-refractivity contribution in [3.63, 3.8) is 0 Å². The fourth-order valence-electron chi connectivity index (χ4n) is 1.72. The van der Waals surface area contributed by atoms with Gasteiger partial charge in [0.1, 0.15) is 5.78 Å². The second-order valence-electron chi connectivity index (χ2n) is 4.26. The predicted molar refractivity (Wildman–Crippen MR) is 74.7 cm³/mol. The van der Waals surface area contributed by atoms with Gasteiger partial charge in [0.2, 0.25) is 0 Å². The maximum absolute atomic E-state index is 11.8. The third-order valence-electron chi connectivity index (χ3n) is 2.74. The number of Topliss-reactive ketones (excluding diaryl/α,β-unsaturated/α-hetero) is 1. The molecule has 0 amide bonds. The molecule has 0 saturated heterocycles. The number of aryl methyl sites for hydroxylation is 2. The van der Waals surface area contributed by atoms with E-state index in [1.165, 1.54) is 0 Å². The number of carbonyl (C=O) groups excluding carboxylic acids is 1. The molecular weight excluding hydrogens is 296 g/mol. The molecule has 0 saturated carbocycles. The van der Waals surface area contributed by atoms with Crippen LogP contribution >= 0.6 is 15.9 Å². The van der Waals surface area contributed by atoms with Crippen molar-refractivity contribution in [3.05, 3.63) is 15.9 Å². The molecule has 0 spiro atoms. The van der Waals surface area contributed by atoms with Gasteiger partial charge in [0.05, 0.1) is 22.5 Å². The molecule has 0 radical (unpaired) electrons. The van der Waals surface area contributed by atoms with E-state index in [1.54, 1.807) is 4.68 Å². The van der Waals surface area contributed by atoms with Crippen molar-refractivity contribution in [2.24, 2.45) is 7.05 Å². The summed E-state index contributed by atoms with van der Waals surface area (Å²) >= 11 is 3.52. The highest BCUT2D eigenvalue weighted by Crippen LogP contribution is 2.22. The van der Waals surface area contributed by atoms with Gasteiger partial charge in [0.25, 0.3) is 0 Å². The van der Waals surface area contributed by atoms with Crippen LogP contribution in [0.2, 0.25) is 0 Å². The lowest BCUT2D eigenvalue weighted by Gasteiger charge is -2.04. The van der Waals surface area contributed by atoms with E-state index in [2.05, 4.69) is 34.9 Å². The molecule has 102 valence electrons. The first kappa shape index (κ1) is 15.4. The predicted octanol–water partition coefficient (Wildman–Crippen LogP) is 2.67. The molecule has 18 heavy (non-hydrogen) atoms. The summed E-state index contributed by atoms with van der Waals surface area (Å²) in [6, 6.07) is 0. The molecule has 1 rings (SSSR count). The van der Waals surface area contributed by atoms with Gasteiger partial charge >= 0.3 is 0 Å². The van der Waals surface area contributed by atoms with E-state index in [0.29, 0.717) is 19.4 Å². The molecule has 1 aromatic rings. The Bertz CT molecular complexity index is 402. The fourth-order valence-corrected chi connectivity index (χ4v) is 2.48. The topological polar surface area (TPSA) is 44.1 Å². The largest absolute Gasteiger partial charge is 0.381 e. The molecule has 1 aromatic heterocycles. The minimum atomic E-state index is 0.192. The highest BCUT2D eigenvalue weighted by Gasteiger charge is 2.15. The summed E-state index contributed by atoms with van der Waals surface area (Å²) in [5, 5.41) is 4.38. The van der Waals surface area contributed by atoms with Crippen molar-refractivity contribution >= 4 is 21.7 Å². The van der Waals surface area contributed by atoms with Crippen molar-refractivity contribution in [3.8, 4) is 0 Å². The number of ether oxygens (including phenoxy) is 1. The molecular formula is C13H21BrN2O2. The monoisotopic (exact) mass is 316 g/mol. The minimum Gasteiger partial charge on any atom is -0.381 e. The van der Waals surface area contributed by atoms with Gasteiger partial charge in [-0.15, -0.1) is 0 Å². The van der Waals surface area contributed by atoms with Crippen LogP contribution in [0, 0.1) is 0 Å². The average Bonchev–Trinajstić information content (AvgIpc) is 2.62. The van der Waals surface area contributed by atoms with Crippen molar-refractivity contribution in [2.75, 3.05) is 13.2 Å². The molecule has 0 atom stereocenters. The van der Waals surface area contributed by atoms with Crippen molar-refractivity contribution in [1.82, 2.24) is 9.78 Å². The van der Waals surface area contributed by atoms with Gasteiger partial charge in [-0.3, -0.25) is 9.48 Å². The summed E-state index contributed by atoms with van der Waals surface area (Å²) in [7, 11) is 1.88. The van der Waals surface area contributed by atoms with Crippen LogP contribution < -0.4 is 0 Å². The van der Waals surface area contributed by atoms with Crippen LogP contribution in [-0.4, -0.2) is 28.8 Å². The second kappa shape index (κ2) is 7.69. The number of hydrogen-bond acceptors (Lipinski definition) is 3. The summed E-state index contributed by atoms with van der Waals surface area (Å²) in [6.07, 6.45) is 2.74. The van der Waals surface area contributed by atoms with Gasteiger partial charge in [0.15, 0.2) is 0 Å². The van der Waals surface area contributed by atoms with E-state index in [4.69, 9.17) is 4.74 Å². The van der Waals surface area contributed by atoms with Gasteiger partial charge in [-0.1, -0.05) is 13.8 Å². The number of aromatic nitrogens is 2. The molecule has 4 nitrogen and oxygen atoms in total. The van der Waals surface area contributed by atoms with Crippen molar-refractivity contribution in [1.29, 1.82) is 0 Å². The van der Waals surface area contributed by atoms with Gasteiger partial charge in [0, 0.05) is 26.5 Å². The molecule has 0 N–H and O–H groups in total. The molecule has 0 aliphatic heterocycles. The Balaban J connectivity index is 2.51. The van der Waals surface area contributed by atoms with Crippen LogP contribution in [0.25, 0.3) is 0 Å². The number of rotatable bonds is 8. The van der Waals surface area contributed by atoms with Crippen LogP contribution in [0.3, 0.4) is 0 Å². The Hall–Kier alpha value is -0.680. The Morgan fingerprint density at radius 1 is 1.39 bits per heavy atom. The maximum Gasteiger partial charge on any atom is 0.141 e. The zero-order chi connectivity index (χ0) is 13.5. The van der Waals surface area contributed by atoms with E-state index in [0.717, 1.165) is 35.3 Å². The van der Waals surface area contributed by atoms with Crippen LogP contribution in [-0.2, 0) is 29.4 Å². The Kier molecular flexibility index (Phi) is 6.57. The summed E-state index contributed by atoms with van der Waals surface area (Å²) in [4.78, 5) is 11.8. The van der Waals surface area contributed by atoms with E-state index in [-0.39, 0.29) is 5.78 Å². The quantitative estimate of drug-likeness (QED) is 0.693. The Labute approximate surface area is 117 Å². The third-order valence-corrected chi connectivity index (χ3v) is 3.66. The lowest BCUT2D eigenvalue weighted by Crippen LogP contribution is -2.10. The number of nitrogens with zero attached hydrogens (tertiary/aromatic N) is 2. The average molecular weight is 317 g/mol. The first-order valence-electron chi connectivity index (χ1n) is 6.39. The normalized spacial score (nSPS) is 10.9. The molecule has 0 bridgehead atoms. The van der Waals surface area contributed by atoms with E-state index < -0.39 is 0 Å². The highest BCUT2D eigenvalue weighted by molar-refractivity contribution is 9.10. The van der Waals surface area contributed by atoms with Crippen LogP contribution in [0.15, 0.2) is 4.47 Å². The number of halogens is 1. The highest BCUT2D eigenvalue weighted by atomic mass is 79.9. The van der Waals surface area contributed by atoms with Crippen LogP contribution in [0.1, 0.15) is 38.1 Å². The van der Waals surface area contributed by atoms with Crippen LogP contribution in [0.5, 0.6) is 0 Å². The molecule has 0 aliphatic carbocycles. The smallest absolute Gasteiger partial charge is 0.141 e. The number of carbonyl (C=O) groups is 1. The fraction of sp³-hybridized carbons (Fsp3) is 0.692. The second-order valence-corrected chi connectivity index (χ2v) is 5.06. The first-order chi connectivity index (χ1) is 8.60. The Morgan fingerprint density at radius 3 is 2.67 bits per heavy atom. The summed E-state index contributed by atoms with van der Waals surface area (Å²) in [6.45, 7) is 5.35. The third kappa shape index (κ3) is 4.21. The lowest BCUT2D eigenvalue weighted by atomic mass is 10.1. The molecule has 0 aromatic carbocycles. The zero-order valence-corrected chi connectivity index (χ0v) is 12.9. The van der Waals surface area contributed by atoms with Gasteiger partial charge in [-0.05, 0) is 28.8 Å². The summed E-state index contributed by atoms with van der Waals surface area (Å²) < 4.78 is 8.08. The summed E-state index contributed by atoms with van der Waals surface area (Å²) in [5.41, 5.74) is 1.95. The first-order valence-corrected chi connectivity index (χ1v) is 7.19. The van der Waals surface area contributed by atoms with E-state index >= 15 is 0 Å². The minimum absolute atomic E-state index is 0.192. The zero-order valence-electron chi connectivity index (χ0n) is 11.3. The van der Waals surface area contributed by atoms with E-state index in [9.17, 15) is 4.79 Å².